The van der Waals surface area contributed by atoms with Gasteiger partial charge in [0.05, 0.1) is 5.56 Å². The molecular weight excluding hydrogens is 452 g/mol. The number of hydrogen-bond acceptors (Lipinski definition) is 7. The van der Waals surface area contributed by atoms with Gasteiger partial charge < -0.3 is 24.1 Å². The molecule has 0 heterocycles. The average Bonchev–Trinajstić information content (AvgIpc) is 2.83. The maximum absolute atomic E-state index is 11.7. The predicted molar refractivity (Wildman–Crippen MR) is 131 cm³/mol. The van der Waals surface area contributed by atoms with Crippen molar-refractivity contribution >= 4 is 39.5 Å². The van der Waals surface area contributed by atoms with E-state index in [1.54, 1.807) is 19.9 Å². The van der Waals surface area contributed by atoms with Crippen LogP contribution < -0.4 is 9.47 Å². The van der Waals surface area contributed by atoms with Crippen LogP contribution in [0.4, 0.5) is 0 Å². The minimum absolute atomic E-state index is 0.00747. The number of esters is 2. The Morgan fingerprint density at radius 3 is 1.63 bits per heavy atom. The van der Waals surface area contributed by atoms with E-state index in [0.29, 0.717) is 27.7 Å². The van der Waals surface area contributed by atoms with Crippen molar-refractivity contribution in [2.75, 3.05) is 26.4 Å². The van der Waals surface area contributed by atoms with Crippen LogP contribution in [0.15, 0.2) is 66.8 Å². The Labute approximate surface area is 202 Å². The molecule has 8 heteroatoms. The summed E-state index contributed by atoms with van der Waals surface area (Å²) >= 11 is 0. The number of carbonyl (C=O) groups excluding carboxylic acids is 2. The van der Waals surface area contributed by atoms with Crippen molar-refractivity contribution < 1.29 is 38.4 Å². The van der Waals surface area contributed by atoms with E-state index in [1.165, 1.54) is 12.1 Å². The zero-order chi connectivity index (χ0) is 25.5. The van der Waals surface area contributed by atoms with E-state index in [1.807, 2.05) is 24.3 Å². The first-order chi connectivity index (χ1) is 16.7. The Kier molecular flexibility index (Phi) is 8.09. The summed E-state index contributed by atoms with van der Waals surface area (Å²) in [6, 6.07) is 12.0. The topological polar surface area (TPSA) is 108 Å². The number of aromatic carboxylic acids is 1. The number of benzene rings is 3. The Morgan fingerprint density at radius 2 is 1.17 bits per heavy atom. The zero-order valence-electron chi connectivity index (χ0n) is 19.6. The van der Waals surface area contributed by atoms with Crippen molar-refractivity contribution in [3.8, 4) is 11.5 Å². The molecule has 3 aromatic rings. The molecule has 0 atom stereocenters. The molecule has 0 aliphatic rings. The normalized spacial score (nSPS) is 10.6. The van der Waals surface area contributed by atoms with Gasteiger partial charge in [-0.3, -0.25) is 0 Å². The second-order valence-electron chi connectivity index (χ2n) is 7.80. The molecule has 1 N–H and O–H groups in total. The highest BCUT2D eigenvalue weighted by atomic mass is 16.6. The van der Waals surface area contributed by atoms with Crippen LogP contribution in [0, 0.1) is 0 Å². The lowest BCUT2D eigenvalue weighted by Gasteiger charge is -2.18. The van der Waals surface area contributed by atoms with Crippen LogP contribution in [0.3, 0.4) is 0 Å². The monoisotopic (exact) mass is 478 g/mol. The van der Waals surface area contributed by atoms with Gasteiger partial charge in [-0.25, -0.2) is 14.4 Å². The molecule has 0 saturated heterocycles. The summed E-state index contributed by atoms with van der Waals surface area (Å²) in [6.07, 6.45) is 0. The van der Waals surface area contributed by atoms with Crippen molar-refractivity contribution in [2.45, 2.75) is 13.8 Å². The van der Waals surface area contributed by atoms with Gasteiger partial charge in [0.2, 0.25) is 0 Å². The number of ether oxygens (including phenoxy) is 4. The van der Waals surface area contributed by atoms with Gasteiger partial charge in [-0.1, -0.05) is 37.4 Å². The Bertz CT molecular complexity index is 1320. The summed E-state index contributed by atoms with van der Waals surface area (Å²) in [6.45, 7) is 10.3. The van der Waals surface area contributed by atoms with Gasteiger partial charge in [0.15, 0.2) is 0 Å². The largest absolute Gasteiger partial charge is 0.489 e. The molecule has 0 bridgehead atoms. The molecule has 0 radical (unpaired) electrons. The first kappa shape index (κ1) is 25.3. The van der Waals surface area contributed by atoms with Gasteiger partial charge in [-0.05, 0) is 32.0 Å². The van der Waals surface area contributed by atoms with Crippen LogP contribution in [0.1, 0.15) is 24.2 Å². The summed E-state index contributed by atoms with van der Waals surface area (Å²) in [5.41, 5.74) is 0.646. The van der Waals surface area contributed by atoms with E-state index in [-0.39, 0.29) is 43.1 Å². The number of rotatable bonds is 11. The summed E-state index contributed by atoms with van der Waals surface area (Å²) < 4.78 is 22.2. The quantitative estimate of drug-likeness (QED) is 0.183. The maximum Gasteiger partial charge on any atom is 0.335 e. The second-order valence-corrected chi connectivity index (χ2v) is 7.80. The molecule has 0 saturated carbocycles. The molecule has 0 aromatic heterocycles. The Hall–Kier alpha value is -4.33. The summed E-state index contributed by atoms with van der Waals surface area (Å²) in [5, 5.41) is 12.1. The third kappa shape index (κ3) is 5.97. The first-order valence-corrected chi connectivity index (χ1v) is 10.8. The van der Waals surface area contributed by atoms with Crippen molar-refractivity contribution in [1.82, 2.24) is 0 Å². The van der Waals surface area contributed by atoms with Gasteiger partial charge in [0, 0.05) is 32.7 Å². The molecule has 0 fully saturated rings. The lowest BCUT2D eigenvalue weighted by Crippen LogP contribution is -2.13. The molecule has 3 aromatic carbocycles. The Balaban J connectivity index is 1.99. The lowest BCUT2D eigenvalue weighted by molar-refractivity contribution is -0.140. The minimum atomic E-state index is -1.09. The third-order valence-electron chi connectivity index (χ3n) is 4.99. The fourth-order valence-electron chi connectivity index (χ4n) is 3.35. The first-order valence-electron chi connectivity index (χ1n) is 10.8. The van der Waals surface area contributed by atoms with Crippen molar-refractivity contribution in [2.24, 2.45) is 0 Å². The van der Waals surface area contributed by atoms with Crippen molar-refractivity contribution in [3.05, 3.63) is 72.3 Å². The van der Waals surface area contributed by atoms with E-state index in [4.69, 9.17) is 18.9 Å². The number of carbonyl (C=O) groups is 3. The molecule has 3 rings (SSSR count). The predicted octanol–water partition coefficient (Wildman–Crippen LogP) is 4.69. The smallest absolute Gasteiger partial charge is 0.335 e. The van der Waals surface area contributed by atoms with E-state index in [0.717, 1.165) is 5.39 Å². The second kappa shape index (κ2) is 11.2. The van der Waals surface area contributed by atoms with Gasteiger partial charge in [0.25, 0.3) is 0 Å². The van der Waals surface area contributed by atoms with Gasteiger partial charge in [0.1, 0.15) is 37.9 Å². The van der Waals surface area contributed by atoms with Crippen LogP contribution in [0.2, 0.25) is 0 Å². The zero-order valence-corrected chi connectivity index (χ0v) is 19.6. The van der Waals surface area contributed by atoms with E-state index in [9.17, 15) is 19.5 Å². The van der Waals surface area contributed by atoms with Gasteiger partial charge >= 0.3 is 17.9 Å². The summed E-state index contributed by atoms with van der Waals surface area (Å²) in [4.78, 5) is 34.9. The number of carboxylic acid groups (broad SMARTS) is 1. The number of hydrogen-bond donors (Lipinski definition) is 1. The van der Waals surface area contributed by atoms with E-state index >= 15 is 0 Å². The van der Waals surface area contributed by atoms with Crippen LogP contribution >= 0.6 is 0 Å². The van der Waals surface area contributed by atoms with Gasteiger partial charge in [-0.2, -0.15) is 0 Å². The highest BCUT2D eigenvalue weighted by Crippen LogP contribution is 2.43. The standard InChI is InChI=1S/C27H26O8/c1-16(2)26(30)34-13-11-32-23-19-7-5-6-8-20(19)24(33-12-14-35-27(31)17(3)4)22-15-18(25(28)29)9-10-21(22)23/h5-10,15H,1,3,11-14H2,2,4H3,(H,28,29). The number of fused-ring (bicyclic) bond motifs is 2. The van der Waals surface area contributed by atoms with E-state index < -0.39 is 17.9 Å². The summed E-state index contributed by atoms with van der Waals surface area (Å²) in [7, 11) is 0. The molecule has 0 unspecified atom stereocenters. The molecule has 0 aliphatic heterocycles. The van der Waals surface area contributed by atoms with Crippen LogP contribution in [-0.4, -0.2) is 49.4 Å². The molecule has 0 aliphatic carbocycles. The fourth-order valence-corrected chi connectivity index (χ4v) is 3.35. The van der Waals surface area contributed by atoms with Crippen LogP contribution in [0.5, 0.6) is 11.5 Å². The van der Waals surface area contributed by atoms with Crippen LogP contribution in [-0.2, 0) is 19.1 Å². The summed E-state index contributed by atoms with van der Waals surface area (Å²) in [5.74, 6) is -1.18. The third-order valence-corrected chi connectivity index (χ3v) is 4.99. The maximum atomic E-state index is 11.7. The lowest BCUT2D eigenvalue weighted by atomic mass is 9.98. The minimum Gasteiger partial charge on any atom is -0.489 e. The van der Waals surface area contributed by atoms with Crippen LogP contribution in [0.25, 0.3) is 21.5 Å². The Morgan fingerprint density at radius 1 is 0.714 bits per heavy atom. The molecule has 35 heavy (non-hydrogen) atoms. The number of carboxylic acids is 1. The average molecular weight is 478 g/mol. The van der Waals surface area contributed by atoms with E-state index in [2.05, 4.69) is 13.2 Å². The SMILES string of the molecule is C=C(C)C(=O)OCCOc1c2ccccc2c(OCCOC(=O)C(=C)C)c2cc(C(=O)O)ccc12. The van der Waals surface area contributed by atoms with Gasteiger partial charge in [-0.15, -0.1) is 0 Å². The fraction of sp³-hybridized carbons (Fsp3) is 0.222. The highest BCUT2D eigenvalue weighted by molar-refractivity contribution is 6.12. The molecule has 182 valence electrons. The van der Waals surface area contributed by atoms with Crippen molar-refractivity contribution in [1.29, 1.82) is 0 Å². The van der Waals surface area contributed by atoms with Crippen molar-refractivity contribution in [3.63, 3.8) is 0 Å². The molecule has 8 nitrogen and oxygen atoms in total. The molecule has 0 spiro atoms. The molecular formula is C27H26O8. The highest BCUT2D eigenvalue weighted by Gasteiger charge is 2.18. The molecule has 0 amide bonds.